The Morgan fingerprint density at radius 1 is 1.23 bits per heavy atom. The minimum atomic E-state index is -0.333. The molecule has 0 aliphatic carbocycles. The number of hydrogen-bond donors (Lipinski definition) is 1. The van der Waals surface area contributed by atoms with Crippen molar-refractivity contribution in [2.45, 2.75) is 13.5 Å². The van der Waals surface area contributed by atoms with E-state index >= 15 is 0 Å². The van der Waals surface area contributed by atoms with Crippen LogP contribution in [0.25, 0.3) is 11.3 Å². The molecule has 4 aromatic rings. The van der Waals surface area contributed by atoms with Gasteiger partial charge in [-0.25, -0.2) is 4.68 Å². The maximum absolute atomic E-state index is 12.5. The number of rotatable bonds is 5. The molecule has 0 aliphatic heterocycles. The molecule has 6 nitrogen and oxygen atoms in total. The zero-order valence-corrected chi connectivity index (χ0v) is 14.9. The summed E-state index contributed by atoms with van der Waals surface area (Å²) in [7, 11) is 0. The third-order valence-corrected chi connectivity index (χ3v) is 4.78. The first-order valence-corrected chi connectivity index (χ1v) is 8.96. The van der Waals surface area contributed by atoms with Crippen molar-refractivity contribution < 1.29 is 9.32 Å². The molecular formula is C19H16N4O2S. The predicted molar refractivity (Wildman–Crippen MR) is 100 cm³/mol. The molecule has 0 unspecified atom stereocenters. The van der Waals surface area contributed by atoms with Crippen molar-refractivity contribution in [1.29, 1.82) is 0 Å². The third kappa shape index (κ3) is 3.43. The van der Waals surface area contributed by atoms with Crippen LogP contribution < -0.4 is 5.32 Å². The number of hydrogen-bond acceptors (Lipinski definition) is 5. The lowest BCUT2D eigenvalue weighted by Gasteiger charge is -2.06. The normalized spacial score (nSPS) is 10.8. The lowest BCUT2D eigenvalue weighted by molar-refractivity contribution is 0.101. The van der Waals surface area contributed by atoms with E-state index in [1.54, 1.807) is 34.3 Å². The quantitative estimate of drug-likeness (QED) is 0.576. The van der Waals surface area contributed by atoms with Gasteiger partial charge >= 0.3 is 0 Å². The lowest BCUT2D eigenvalue weighted by Crippen LogP contribution is -2.16. The Bertz CT molecular complexity index is 1020. The number of amides is 1. The van der Waals surface area contributed by atoms with Crippen LogP contribution in [0.5, 0.6) is 0 Å². The Kier molecular flexibility index (Phi) is 4.37. The highest BCUT2D eigenvalue weighted by Crippen LogP contribution is 2.21. The molecule has 0 saturated heterocycles. The minimum absolute atomic E-state index is 0.226. The van der Waals surface area contributed by atoms with Gasteiger partial charge < -0.3 is 9.84 Å². The molecule has 0 spiro atoms. The standard InChI is InChI=1S/C19H16N4O2S/c1-13-4-6-14(7-5-13)17-11-16(22-25-17)19(24)21-18-8-9-20-23(18)12-15-3-2-10-26-15/h2-11H,12H2,1H3,(H,21,24). The monoisotopic (exact) mass is 364 g/mol. The number of thiophene rings is 1. The second-order valence-corrected chi connectivity index (χ2v) is 6.88. The summed E-state index contributed by atoms with van der Waals surface area (Å²) in [4.78, 5) is 13.7. The summed E-state index contributed by atoms with van der Waals surface area (Å²) < 4.78 is 7.06. The number of nitrogens with zero attached hydrogens (tertiary/aromatic N) is 3. The SMILES string of the molecule is Cc1ccc(-c2cc(C(=O)Nc3ccnn3Cc3cccs3)no2)cc1. The Labute approximate surface area is 154 Å². The highest BCUT2D eigenvalue weighted by molar-refractivity contribution is 7.09. The highest BCUT2D eigenvalue weighted by Gasteiger charge is 2.16. The van der Waals surface area contributed by atoms with Crippen molar-refractivity contribution in [2.24, 2.45) is 0 Å². The number of carbonyl (C=O) groups is 1. The molecule has 130 valence electrons. The first-order valence-electron chi connectivity index (χ1n) is 8.08. The van der Waals surface area contributed by atoms with E-state index in [-0.39, 0.29) is 11.6 Å². The van der Waals surface area contributed by atoms with Gasteiger partial charge in [-0.2, -0.15) is 5.10 Å². The van der Waals surface area contributed by atoms with Crippen LogP contribution in [0.2, 0.25) is 0 Å². The van der Waals surface area contributed by atoms with E-state index in [0.717, 1.165) is 16.0 Å². The molecule has 1 N–H and O–H groups in total. The van der Waals surface area contributed by atoms with Crippen LogP contribution in [0, 0.1) is 6.92 Å². The number of aryl methyl sites for hydroxylation is 1. The van der Waals surface area contributed by atoms with Crippen LogP contribution in [-0.4, -0.2) is 20.8 Å². The van der Waals surface area contributed by atoms with Crippen LogP contribution >= 0.6 is 11.3 Å². The van der Waals surface area contributed by atoms with Gasteiger partial charge in [0.2, 0.25) is 0 Å². The molecule has 0 saturated carbocycles. The molecule has 26 heavy (non-hydrogen) atoms. The summed E-state index contributed by atoms with van der Waals surface area (Å²) in [6.07, 6.45) is 1.66. The number of nitrogens with one attached hydrogen (secondary N) is 1. The molecule has 7 heteroatoms. The van der Waals surface area contributed by atoms with Gasteiger partial charge in [0.15, 0.2) is 11.5 Å². The molecule has 0 atom stereocenters. The number of aromatic nitrogens is 3. The van der Waals surface area contributed by atoms with Gasteiger partial charge in [0.1, 0.15) is 5.82 Å². The maximum Gasteiger partial charge on any atom is 0.279 e. The molecule has 1 aromatic carbocycles. The van der Waals surface area contributed by atoms with Gasteiger partial charge in [-0.05, 0) is 18.4 Å². The summed E-state index contributed by atoms with van der Waals surface area (Å²) >= 11 is 1.65. The topological polar surface area (TPSA) is 73.0 Å². The van der Waals surface area contributed by atoms with Crippen molar-refractivity contribution in [2.75, 3.05) is 5.32 Å². The average molecular weight is 364 g/mol. The van der Waals surface area contributed by atoms with Crippen molar-refractivity contribution >= 4 is 23.1 Å². The van der Waals surface area contributed by atoms with Crippen molar-refractivity contribution in [3.05, 3.63) is 76.2 Å². The van der Waals surface area contributed by atoms with E-state index in [1.165, 1.54) is 0 Å². The summed E-state index contributed by atoms with van der Waals surface area (Å²) in [5, 5.41) is 13.0. The maximum atomic E-state index is 12.5. The summed E-state index contributed by atoms with van der Waals surface area (Å²) in [5.74, 6) is 0.838. The van der Waals surface area contributed by atoms with E-state index in [0.29, 0.717) is 18.1 Å². The van der Waals surface area contributed by atoms with Crippen LogP contribution in [0.3, 0.4) is 0 Å². The first kappa shape index (κ1) is 16.3. The van der Waals surface area contributed by atoms with Gasteiger partial charge in [-0.1, -0.05) is 41.1 Å². The van der Waals surface area contributed by atoms with Crippen LogP contribution in [-0.2, 0) is 6.54 Å². The lowest BCUT2D eigenvalue weighted by atomic mass is 10.1. The molecule has 0 bridgehead atoms. The van der Waals surface area contributed by atoms with E-state index < -0.39 is 0 Å². The molecule has 3 aromatic heterocycles. The summed E-state index contributed by atoms with van der Waals surface area (Å²) in [6, 6.07) is 15.3. The Hall–Kier alpha value is -3.19. The van der Waals surface area contributed by atoms with Crippen LogP contribution in [0.1, 0.15) is 20.9 Å². The fourth-order valence-corrected chi connectivity index (χ4v) is 3.22. The van der Waals surface area contributed by atoms with Crippen molar-refractivity contribution in [1.82, 2.24) is 14.9 Å². The molecule has 0 fully saturated rings. The average Bonchev–Trinajstić information content (AvgIpc) is 3.38. The number of benzene rings is 1. The largest absolute Gasteiger partial charge is 0.355 e. The van der Waals surface area contributed by atoms with Crippen LogP contribution in [0.4, 0.5) is 5.82 Å². The fourth-order valence-electron chi connectivity index (χ4n) is 2.53. The van der Waals surface area contributed by atoms with Gasteiger partial charge in [0, 0.05) is 22.6 Å². The fraction of sp³-hybridized carbons (Fsp3) is 0.105. The van der Waals surface area contributed by atoms with Gasteiger partial charge in [-0.15, -0.1) is 11.3 Å². The zero-order valence-electron chi connectivity index (χ0n) is 14.0. The predicted octanol–water partition coefficient (Wildman–Crippen LogP) is 4.21. The van der Waals surface area contributed by atoms with Crippen LogP contribution in [0.15, 0.2) is 64.6 Å². The van der Waals surface area contributed by atoms with Gasteiger partial charge in [0.05, 0.1) is 12.7 Å². The zero-order chi connectivity index (χ0) is 17.9. The molecule has 1 amide bonds. The summed E-state index contributed by atoms with van der Waals surface area (Å²) in [5.41, 5.74) is 2.26. The number of carbonyl (C=O) groups excluding carboxylic acids is 1. The molecule has 0 aliphatic rings. The Morgan fingerprint density at radius 2 is 2.08 bits per heavy atom. The molecule has 4 rings (SSSR count). The molecule has 3 heterocycles. The molecular weight excluding hydrogens is 348 g/mol. The second kappa shape index (κ2) is 6.97. The summed E-state index contributed by atoms with van der Waals surface area (Å²) in [6.45, 7) is 2.62. The van der Waals surface area contributed by atoms with E-state index in [9.17, 15) is 4.79 Å². The molecule has 0 radical (unpaired) electrons. The van der Waals surface area contributed by atoms with E-state index in [1.807, 2.05) is 48.7 Å². The van der Waals surface area contributed by atoms with Crippen molar-refractivity contribution in [3.8, 4) is 11.3 Å². The second-order valence-electron chi connectivity index (χ2n) is 5.85. The third-order valence-electron chi connectivity index (χ3n) is 3.92. The number of anilines is 1. The minimum Gasteiger partial charge on any atom is -0.355 e. The van der Waals surface area contributed by atoms with Crippen molar-refractivity contribution in [3.63, 3.8) is 0 Å². The Balaban J connectivity index is 1.49. The first-order chi connectivity index (χ1) is 12.7. The highest BCUT2D eigenvalue weighted by atomic mass is 32.1. The Morgan fingerprint density at radius 3 is 2.85 bits per heavy atom. The van der Waals surface area contributed by atoms with E-state index in [4.69, 9.17) is 4.52 Å². The smallest absolute Gasteiger partial charge is 0.279 e. The van der Waals surface area contributed by atoms with E-state index in [2.05, 4.69) is 15.6 Å². The van der Waals surface area contributed by atoms with Gasteiger partial charge in [0.25, 0.3) is 5.91 Å². The van der Waals surface area contributed by atoms with Gasteiger partial charge in [-0.3, -0.25) is 4.79 Å².